The number of rotatable bonds is 2. The molecule has 0 aromatic heterocycles. The Hall–Kier alpha value is -1.93. The Morgan fingerprint density at radius 3 is 2.29 bits per heavy atom. The SMILES string of the molecule is COc1ccc(C(=O)N=C=NC(C)(C)C)cc1. The van der Waals surface area contributed by atoms with E-state index in [0.717, 1.165) is 0 Å². The molecule has 0 unspecified atom stereocenters. The minimum atomic E-state index is -0.361. The van der Waals surface area contributed by atoms with Gasteiger partial charge in [0.25, 0.3) is 5.91 Å². The van der Waals surface area contributed by atoms with Crippen LogP contribution in [0.1, 0.15) is 31.1 Å². The molecule has 1 rings (SSSR count). The molecule has 0 aliphatic heterocycles. The highest BCUT2D eigenvalue weighted by atomic mass is 16.5. The molecule has 1 aromatic carbocycles. The lowest BCUT2D eigenvalue weighted by Gasteiger charge is -2.06. The molecule has 0 radical (unpaired) electrons. The van der Waals surface area contributed by atoms with Gasteiger partial charge in [0, 0.05) is 5.56 Å². The zero-order valence-electron chi connectivity index (χ0n) is 10.5. The summed E-state index contributed by atoms with van der Waals surface area (Å²) in [6.07, 6.45) is 0. The molecular weight excluding hydrogens is 216 g/mol. The van der Waals surface area contributed by atoms with Crippen molar-refractivity contribution in [2.45, 2.75) is 26.3 Å². The Labute approximate surface area is 101 Å². The summed E-state index contributed by atoms with van der Waals surface area (Å²) in [7, 11) is 1.57. The van der Waals surface area contributed by atoms with Crippen molar-refractivity contribution < 1.29 is 9.53 Å². The number of methoxy groups -OCH3 is 1. The summed E-state index contributed by atoms with van der Waals surface area (Å²) in [5, 5.41) is 0. The highest BCUT2D eigenvalue weighted by Crippen LogP contribution is 2.11. The van der Waals surface area contributed by atoms with Gasteiger partial charge in [0.05, 0.1) is 18.7 Å². The normalized spacial score (nSPS) is 10.4. The predicted molar refractivity (Wildman–Crippen MR) is 66.9 cm³/mol. The lowest BCUT2D eigenvalue weighted by atomic mass is 10.1. The van der Waals surface area contributed by atoms with Gasteiger partial charge in [0.2, 0.25) is 0 Å². The molecule has 0 aliphatic rings. The third-order valence-corrected chi connectivity index (χ3v) is 1.87. The molecule has 0 aliphatic carbocycles. The Balaban J connectivity index is 2.80. The van der Waals surface area contributed by atoms with Gasteiger partial charge in [0.15, 0.2) is 0 Å². The summed E-state index contributed by atoms with van der Waals surface area (Å²) >= 11 is 0. The number of nitrogens with zero attached hydrogens (tertiary/aromatic N) is 2. The molecule has 17 heavy (non-hydrogen) atoms. The molecule has 4 nitrogen and oxygen atoms in total. The molecule has 0 saturated carbocycles. The van der Waals surface area contributed by atoms with Crippen LogP contribution >= 0.6 is 0 Å². The van der Waals surface area contributed by atoms with E-state index in [-0.39, 0.29) is 11.4 Å². The van der Waals surface area contributed by atoms with Crippen molar-refractivity contribution in [3.8, 4) is 5.75 Å². The third-order valence-electron chi connectivity index (χ3n) is 1.87. The van der Waals surface area contributed by atoms with E-state index in [1.807, 2.05) is 20.8 Å². The van der Waals surface area contributed by atoms with Crippen LogP contribution in [0.15, 0.2) is 34.3 Å². The second-order valence-electron chi connectivity index (χ2n) is 4.53. The van der Waals surface area contributed by atoms with Crippen LogP contribution in [0.4, 0.5) is 0 Å². The van der Waals surface area contributed by atoms with E-state index in [4.69, 9.17) is 4.74 Å². The number of amides is 1. The smallest absolute Gasteiger partial charge is 0.286 e. The first-order valence-corrected chi connectivity index (χ1v) is 5.28. The minimum Gasteiger partial charge on any atom is -0.497 e. The van der Waals surface area contributed by atoms with E-state index in [1.54, 1.807) is 31.4 Å². The van der Waals surface area contributed by atoms with Gasteiger partial charge in [-0.3, -0.25) is 4.79 Å². The van der Waals surface area contributed by atoms with E-state index in [9.17, 15) is 4.79 Å². The number of carbonyl (C=O) groups excluding carboxylic acids is 1. The van der Waals surface area contributed by atoms with Gasteiger partial charge in [-0.2, -0.15) is 0 Å². The van der Waals surface area contributed by atoms with Crippen molar-refractivity contribution in [1.29, 1.82) is 0 Å². The molecule has 0 saturated heterocycles. The van der Waals surface area contributed by atoms with E-state index in [1.165, 1.54) is 0 Å². The molecule has 1 aromatic rings. The van der Waals surface area contributed by atoms with Crippen LogP contribution in [0.3, 0.4) is 0 Å². The largest absolute Gasteiger partial charge is 0.497 e. The fraction of sp³-hybridized carbons (Fsp3) is 0.385. The van der Waals surface area contributed by atoms with Gasteiger partial charge >= 0.3 is 0 Å². The molecule has 90 valence electrons. The average molecular weight is 232 g/mol. The van der Waals surface area contributed by atoms with Gasteiger partial charge in [0.1, 0.15) is 5.75 Å². The number of benzene rings is 1. The summed E-state index contributed by atoms with van der Waals surface area (Å²) in [4.78, 5) is 19.2. The number of aliphatic imine (C=N–C) groups is 2. The maximum Gasteiger partial charge on any atom is 0.286 e. The fourth-order valence-corrected chi connectivity index (χ4v) is 1.02. The van der Waals surface area contributed by atoms with Gasteiger partial charge in [-0.05, 0) is 45.0 Å². The molecular formula is C13H16N2O2. The van der Waals surface area contributed by atoms with Gasteiger partial charge in [-0.15, -0.1) is 4.99 Å². The number of hydrogen-bond donors (Lipinski definition) is 0. The predicted octanol–water partition coefficient (Wildman–Crippen LogP) is 2.81. The molecule has 0 spiro atoms. The molecule has 0 N–H and O–H groups in total. The topological polar surface area (TPSA) is 51.0 Å². The zero-order valence-corrected chi connectivity index (χ0v) is 10.5. The first-order valence-electron chi connectivity index (χ1n) is 5.28. The number of ether oxygens (including phenoxy) is 1. The number of hydrogen-bond acceptors (Lipinski definition) is 3. The van der Waals surface area contributed by atoms with Crippen molar-refractivity contribution in [3.63, 3.8) is 0 Å². The molecule has 0 fully saturated rings. The summed E-state index contributed by atoms with van der Waals surface area (Å²) < 4.78 is 5.00. The van der Waals surface area contributed by atoms with Crippen LogP contribution in [-0.2, 0) is 0 Å². The Morgan fingerprint density at radius 1 is 1.24 bits per heavy atom. The van der Waals surface area contributed by atoms with Crippen molar-refractivity contribution >= 4 is 11.9 Å². The van der Waals surface area contributed by atoms with Crippen LogP contribution < -0.4 is 4.74 Å². The molecule has 0 bridgehead atoms. The first kappa shape index (κ1) is 13.1. The van der Waals surface area contributed by atoms with E-state index >= 15 is 0 Å². The summed E-state index contributed by atoms with van der Waals surface area (Å²) in [5.41, 5.74) is 0.214. The van der Waals surface area contributed by atoms with Gasteiger partial charge in [-0.25, -0.2) is 4.99 Å². The van der Waals surface area contributed by atoms with Crippen LogP contribution in [-0.4, -0.2) is 24.6 Å². The van der Waals surface area contributed by atoms with Crippen LogP contribution in [0.5, 0.6) is 5.75 Å². The standard InChI is InChI=1S/C13H16N2O2/c1-13(2,3)15-9-14-12(16)10-5-7-11(17-4)8-6-10/h5-8H,1-4H3. The van der Waals surface area contributed by atoms with E-state index < -0.39 is 0 Å². The lowest BCUT2D eigenvalue weighted by molar-refractivity contribution is 0.100. The van der Waals surface area contributed by atoms with Crippen LogP contribution in [0.25, 0.3) is 0 Å². The average Bonchev–Trinajstić information content (AvgIpc) is 2.27. The highest BCUT2D eigenvalue weighted by Gasteiger charge is 2.06. The maximum atomic E-state index is 11.6. The van der Waals surface area contributed by atoms with Crippen LogP contribution in [0, 0.1) is 0 Å². The Bertz CT molecular complexity index is 449. The third kappa shape index (κ3) is 4.62. The second kappa shape index (κ2) is 5.41. The molecule has 1 amide bonds. The van der Waals surface area contributed by atoms with E-state index in [2.05, 4.69) is 16.0 Å². The lowest BCUT2D eigenvalue weighted by Crippen LogP contribution is -2.08. The van der Waals surface area contributed by atoms with Crippen molar-refractivity contribution in [1.82, 2.24) is 0 Å². The minimum absolute atomic E-state index is 0.274. The van der Waals surface area contributed by atoms with Gasteiger partial charge < -0.3 is 4.74 Å². The van der Waals surface area contributed by atoms with Crippen molar-refractivity contribution in [3.05, 3.63) is 29.8 Å². The highest BCUT2D eigenvalue weighted by molar-refractivity contribution is 5.97. The summed E-state index contributed by atoms with van der Waals surface area (Å²) in [6, 6.07) is 9.16. The van der Waals surface area contributed by atoms with Crippen LogP contribution in [0.2, 0.25) is 0 Å². The van der Waals surface area contributed by atoms with E-state index in [0.29, 0.717) is 11.3 Å². The van der Waals surface area contributed by atoms with Crippen molar-refractivity contribution in [2.75, 3.05) is 7.11 Å². The molecule has 4 heteroatoms. The molecule has 0 heterocycles. The molecule has 0 atom stereocenters. The first-order chi connectivity index (χ1) is 7.92. The van der Waals surface area contributed by atoms with Gasteiger partial charge in [-0.1, -0.05) is 0 Å². The van der Waals surface area contributed by atoms with Crippen molar-refractivity contribution in [2.24, 2.45) is 9.98 Å². The number of carbonyl (C=O) groups is 1. The summed E-state index contributed by atoms with van der Waals surface area (Å²) in [6.45, 7) is 5.73. The fourth-order valence-electron chi connectivity index (χ4n) is 1.02. The Kier molecular flexibility index (Phi) is 4.18. The zero-order chi connectivity index (χ0) is 12.9. The summed E-state index contributed by atoms with van der Waals surface area (Å²) in [5.74, 6) is 0.342. The maximum absolute atomic E-state index is 11.6. The second-order valence-corrected chi connectivity index (χ2v) is 4.53. The quantitative estimate of drug-likeness (QED) is 0.736. The Morgan fingerprint density at radius 2 is 1.82 bits per heavy atom. The monoisotopic (exact) mass is 232 g/mol.